The third kappa shape index (κ3) is 1.57. The van der Waals surface area contributed by atoms with Crippen LogP contribution in [0.25, 0.3) is 28.2 Å². The van der Waals surface area contributed by atoms with Gasteiger partial charge in [0.1, 0.15) is 0 Å². The van der Waals surface area contributed by atoms with Gasteiger partial charge in [0.25, 0.3) is 0 Å². The Morgan fingerprint density at radius 1 is 1.29 bits per heavy atom. The van der Waals surface area contributed by atoms with Gasteiger partial charge in [-0.1, -0.05) is 12.1 Å². The standard InChI is InChI=1S/C12H10N8O/c1-2-19-10(9-14-17-18-15-9)16-20-11(19)7-5-3-4-6-8(7)13-12(20)21/h3-6H,2H2,1H3,(H,14,15,17,18). The van der Waals surface area contributed by atoms with E-state index in [1.54, 1.807) is 6.07 Å². The largest absolute Gasteiger partial charge is 0.370 e. The smallest absolute Gasteiger partial charge is 0.306 e. The number of H-pyrrole nitrogens is 1. The highest BCUT2D eigenvalue weighted by Gasteiger charge is 2.18. The molecule has 0 atom stereocenters. The van der Waals surface area contributed by atoms with Gasteiger partial charge in [-0.05, 0) is 29.5 Å². The van der Waals surface area contributed by atoms with Crippen molar-refractivity contribution in [3.63, 3.8) is 0 Å². The molecule has 21 heavy (non-hydrogen) atoms. The summed E-state index contributed by atoms with van der Waals surface area (Å²) in [6, 6.07) is 7.46. The highest BCUT2D eigenvalue weighted by molar-refractivity contribution is 5.91. The molecule has 0 aliphatic carbocycles. The summed E-state index contributed by atoms with van der Waals surface area (Å²) in [5.74, 6) is 0.904. The minimum absolute atomic E-state index is 0.407. The number of hydrogen-bond donors (Lipinski definition) is 1. The van der Waals surface area contributed by atoms with Gasteiger partial charge >= 0.3 is 5.69 Å². The Balaban J connectivity index is 2.23. The first-order valence-corrected chi connectivity index (χ1v) is 6.42. The molecule has 0 bridgehead atoms. The van der Waals surface area contributed by atoms with E-state index in [9.17, 15) is 4.79 Å². The number of benzene rings is 1. The van der Waals surface area contributed by atoms with E-state index in [1.165, 1.54) is 4.52 Å². The fourth-order valence-electron chi connectivity index (χ4n) is 2.44. The van der Waals surface area contributed by atoms with Crippen molar-refractivity contribution in [3.05, 3.63) is 34.7 Å². The van der Waals surface area contributed by atoms with Crippen LogP contribution in [0, 0.1) is 0 Å². The van der Waals surface area contributed by atoms with Gasteiger partial charge in [0.15, 0.2) is 5.65 Å². The van der Waals surface area contributed by atoms with Gasteiger partial charge in [-0.2, -0.15) is 9.50 Å². The fraction of sp³-hybridized carbons (Fsp3) is 0.167. The Morgan fingerprint density at radius 2 is 2.14 bits per heavy atom. The maximum Gasteiger partial charge on any atom is 0.370 e. The van der Waals surface area contributed by atoms with Crippen LogP contribution in [0.3, 0.4) is 0 Å². The summed E-state index contributed by atoms with van der Waals surface area (Å²) in [6.07, 6.45) is 0. The molecule has 1 aromatic carbocycles. The van der Waals surface area contributed by atoms with E-state index in [4.69, 9.17) is 0 Å². The molecule has 0 amide bonds. The zero-order valence-electron chi connectivity index (χ0n) is 11.1. The number of tetrazole rings is 1. The summed E-state index contributed by atoms with van der Waals surface area (Å²) in [5.41, 5.74) is 0.892. The van der Waals surface area contributed by atoms with E-state index >= 15 is 0 Å². The maximum absolute atomic E-state index is 12.2. The summed E-state index contributed by atoms with van der Waals surface area (Å²) >= 11 is 0. The Morgan fingerprint density at radius 3 is 2.90 bits per heavy atom. The molecular formula is C12H10N8O. The first kappa shape index (κ1) is 11.7. The van der Waals surface area contributed by atoms with Crippen molar-refractivity contribution in [3.8, 4) is 11.6 Å². The normalized spacial score (nSPS) is 11.5. The molecule has 0 fully saturated rings. The predicted molar refractivity (Wildman–Crippen MR) is 73.6 cm³/mol. The zero-order valence-corrected chi connectivity index (χ0v) is 11.1. The summed E-state index contributed by atoms with van der Waals surface area (Å²) < 4.78 is 3.16. The van der Waals surface area contributed by atoms with Gasteiger partial charge in [-0.25, -0.2) is 9.89 Å². The summed E-state index contributed by atoms with van der Waals surface area (Å²) in [4.78, 5) is 16.2. The summed E-state index contributed by atoms with van der Waals surface area (Å²) in [5, 5.41) is 18.8. The van der Waals surface area contributed by atoms with E-state index in [0.29, 0.717) is 29.4 Å². The molecule has 3 aromatic heterocycles. The Labute approximate surface area is 117 Å². The number of rotatable bonds is 2. The van der Waals surface area contributed by atoms with Crippen LogP contribution in [-0.2, 0) is 6.54 Å². The molecule has 1 N–H and O–H groups in total. The van der Waals surface area contributed by atoms with Crippen LogP contribution in [0.5, 0.6) is 0 Å². The SMILES string of the molecule is CCn1c(-c2nnn[nH]2)nn2c(=O)nc3ccccc3c12. The molecule has 0 radical (unpaired) electrons. The lowest BCUT2D eigenvalue weighted by Gasteiger charge is -2.04. The topological polar surface area (TPSA) is 107 Å². The number of nitrogens with zero attached hydrogens (tertiary/aromatic N) is 7. The van der Waals surface area contributed by atoms with Crippen LogP contribution >= 0.6 is 0 Å². The average Bonchev–Trinajstić information content (AvgIpc) is 3.14. The lowest BCUT2D eigenvalue weighted by molar-refractivity contribution is 0.790. The number of aryl methyl sites for hydroxylation is 1. The molecule has 104 valence electrons. The molecule has 4 rings (SSSR count). The van der Waals surface area contributed by atoms with Crippen molar-refractivity contribution in [1.82, 2.24) is 39.8 Å². The third-order valence-electron chi connectivity index (χ3n) is 3.32. The van der Waals surface area contributed by atoms with Crippen LogP contribution in [0.4, 0.5) is 0 Å². The number of fused-ring (bicyclic) bond motifs is 3. The maximum atomic E-state index is 12.2. The lowest BCUT2D eigenvalue weighted by Crippen LogP contribution is -2.18. The van der Waals surface area contributed by atoms with Gasteiger partial charge in [0.2, 0.25) is 11.6 Å². The summed E-state index contributed by atoms with van der Waals surface area (Å²) in [6.45, 7) is 2.58. The van der Waals surface area contributed by atoms with Crippen LogP contribution < -0.4 is 5.69 Å². The second-order valence-electron chi connectivity index (χ2n) is 4.46. The predicted octanol–water partition coefficient (Wildman–Crippen LogP) is 0.244. The Bertz CT molecular complexity index is 997. The highest BCUT2D eigenvalue weighted by atomic mass is 16.1. The highest BCUT2D eigenvalue weighted by Crippen LogP contribution is 2.21. The van der Waals surface area contributed by atoms with Gasteiger partial charge in [0.05, 0.1) is 5.52 Å². The number of para-hydroxylation sites is 1. The molecule has 9 nitrogen and oxygen atoms in total. The summed E-state index contributed by atoms with van der Waals surface area (Å²) in [7, 11) is 0. The van der Waals surface area contributed by atoms with Crippen molar-refractivity contribution < 1.29 is 0 Å². The minimum atomic E-state index is -0.426. The number of nitrogens with one attached hydrogen (secondary N) is 1. The van der Waals surface area contributed by atoms with Gasteiger partial charge in [-0.3, -0.25) is 0 Å². The van der Waals surface area contributed by atoms with Gasteiger partial charge < -0.3 is 4.57 Å². The van der Waals surface area contributed by atoms with E-state index in [1.807, 2.05) is 29.7 Å². The molecule has 0 aliphatic rings. The Hall–Kier alpha value is -3.10. The van der Waals surface area contributed by atoms with Crippen molar-refractivity contribution >= 4 is 16.6 Å². The molecule has 9 heteroatoms. The molecule has 0 spiro atoms. The van der Waals surface area contributed by atoms with Crippen molar-refractivity contribution in [2.75, 3.05) is 0 Å². The number of aromatic amines is 1. The van der Waals surface area contributed by atoms with E-state index in [0.717, 1.165) is 5.39 Å². The monoisotopic (exact) mass is 282 g/mol. The molecule has 0 aliphatic heterocycles. The van der Waals surface area contributed by atoms with Crippen LogP contribution in [0.15, 0.2) is 29.1 Å². The van der Waals surface area contributed by atoms with E-state index < -0.39 is 5.69 Å². The Kier molecular flexibility index (Phi) is 2.34. The number of aromatic nitrogens is 8. The quantitative estimate of drug-likeness (QED) is 0.564. The van der Waals surface area contributed by atoms with Crippen molar-refractivity contribution in [1.29, 1.82) is 0 Å². The van der Waals surface area contributed by atoms with Gasteiger partial charge in [-0.15, -0.1) is 10.2 Å². The first-order valence-electron chi connectivity index (χ1n) is 6.42. The van der Waals surface area contributed by atoms with E-state index in [-0.39, 0.29) is 0 Å². The molecule has 0 saturated heterocycles. The molecule has 0 unspecified atom stereocenters. The third-order valence-corrected chi connectivity index (χ3v) is 3.32. The molecular weight excluding hydrogens is 272 g/mol. The van der Waals surface area contributed by atoms with E-state index in [2.05, 4.69) is 30.7 Å². The van der Waals surface area contributed by atoms with Crippen molar-refractivity contribution in [2.45, 2.75) is 13.5 Å². The van der Waals surface area contributed by atoms with Crippen LogP contribution in [0.1, 0.15) is 6.92 Å². The lowest BCUT2D eigenvalue weighted by atomic mass is 10.2. The molecule has 3 heterocycles. The molecule has 4 aromatic rings. The second kappa shape index (κ2) is 4.20. The fourth-order valence-corrected chi connectivity index (χ4v) is 2.44. The first-order chi connectivity index (χ1) is 10.3. The second-order valence-corrected chi connectivity index (χ2v) is 4.46. The van der Waals surface area contributed by atoms with Crippen LogP contribution in [-0.4, -0.2) is 39.8 Å². The minimum Gasteiger partial charge on any atom is -0.306 e. The molecule has 0 saturated carbocycles. The number of hydrogen-bond acceptors (Lipinski definition) is 6. The zero-order chi connectivity index (χ0) is 14.4. The average molecular weight is 282 g/mol. The van der Waals surface area contributed by atoms with Gasteiger partial charge in [0, 0.05) is 11.9 Å². The van der Waals surface area contributed by atoms with Crippen molar-refractivity contribution in [2.24, 2.45) is 0 Å². The van der Waals surface area contributed by atoms with Crippen LogP contribution in [0.2, 0.25) is 0 Å².